The third kappa shape index (κ3) is 4.37. The van der Waals surface area contributed by atoms with Gasteiger partial charge < -0.3 is 10.1 Å². The van der Waals surface area contributed by atoms with Gasteiger partial charge in [0.1, 0.15) is 5.75 Å². The van der Waals surface area contributed by atoms with Crippen LogP contribution in [-0.2, 0) is 0 Å². The summed E-state index contributed by atoms with van der Waals surface area (Å²) < 4.78 is 5.58. The Kier molecular flexibility index (Phi) is 5.92. The molecule has 1 aliphatic carbocycles. The number of nitrogens with one attached hydrogen (secondary N) is 1. The minimum Gasteiger partial charge on any atom is -0.494 e. The van der Waals surface area contributed by atoms with Gasteiger partial charge in [0, 0.05) is 11.4 Å². The third-order valence-electron chi connectivity index (χ3n) is 4.01. The summed E-state index contributed by atoms with van der Waals surface area (Å²) in [7, 11) is 0. The molecule has 1 saturated carbocycles. The number of carbonyl (C=O) groups excluding carboxylic acids is 1. The zero-order valence-electron chi connectivity index (χ0n) is 12.7. The van der Waals surface area contributed by atoms with Crippen molar-refractivity contribution in [2.24, 2.45) is 0 Å². The van der Waals surface area contributed by atoms with Crippen LogP contribution in [0.1, 0.15) is 55.8 Å². The Morgan fingerprint density at radius 3 is 2.76 bits per heavy atom. The summed E-state index contributed by atoms with van der Waals surface area (Å²) in [4.78, 5) is 12.5. The number of rotatable bonds is 6. The highest BCUT2D eigenvalue weighted by Crippen LogP contribution is 2.29. The number of hydrogen-bond donors (Lipinski definition) is 1. The van der Waals surface area contributed by atoms with Crippen LogP contribution in [0.3, 0.4) is 0 Å². The Balaban J connectivity index is 2.05. The molecule has 1 N–H and O–H groups in total. The summed E-state index contributed by atoms with van der Waals surface area (Å²) in [6.07, 6.45) is 6.38. The molecule has 116 valence electrons. The van der Waals surface area contributed by atoms with Crippen molar-refractivity contribution in [2.75, 3.05) is 12.5 Å². The van der Waals surface area contributed by atoms with E-state index in [-0.39, 0.29) is 11.4 Å². The number of hydrogen-bond acceptors (Lipinski definition) is 2. The van der Waals surface area contributed by atoms with Crippen LogP contribution < -0.4 is 10.1 Å². The lowest BCUT2D eigenvalue weighted by atomic mass is 9.83. The topological polar surface area (TPSA) is 38.3 Å². The first-order chi connectivity index (χ1) is 10.2. The van der Waals surface area contributed by atoms with Crippen LogP contribution in [0, 0.1) is 0 Å². The van der Waals surface area contributed by atoms with E-state index in [1.54, 1.807) is 6.07 Å². The predicted molar refractivity (Wildman–Crippen MR) is 86.2 cm³/mol. The van der Waals surface area contributed by atoms with Crippen LogP contribution in [0.2, 0.25) is 0 Å². The molecule has 0 aliphatic heterocycles. The van der Waals surface area contributed by atoms with Crippen molar-refractivity contribution in [2.45, 2.75) is 51.0 Å². The van der Waals surface area contributed by atoms with Crippen LogP contribution in [0.4, 0.5) is 0 Å². The first-order valence-corrected chi connectivity index (χ1v) is 8.34. The van der Waals surface area contributed by atoms with Crippen LogP contribution in [-0.4, -0.2) is 23.9 Å². The van der Waals surface area contributed by atoms with Crippen molar-refractivity contribution in [3.05, 3.63) is 29.8 Å². The summed E-state index contributed by atoms with van der Waals surface area (Å²) >= 11 is 6.13. The molecule has 0 bridgehead atoms. The van der Waals surface area contributed by atoms with Gasteiger partial charge in [-0.25, -0.2) is 0 Å². The maximum atomic E-state index is 12.5. The minimum absolute atomic E-state index is 0.0560. The molecule has 0 heterocycles. The molecule has 1 aromatic rings. The molecule has 0 spiro atoms. The molecule has 0 aromatic heterocycles. The molecule has 0 radical (unpaired) electrons. The molecule has 4 heteroatoms. The lowest BCUT2D eigenvalue weighted by molar-refractivity contribution is 0.0884. The second-order valence-corrected chi connectivity index (χ2v) is 6.07. The highest BCUT2D eigenvalue weighted by atomic mass is 35.5. The van der Waals surface area contributed by atoms with E-state index in [0.717, 1.165) is 37.9 Å². The normalized spacial score (nSPS) is 17.2. The highest BCUT2D eigenvalue weighted by molar-refractivity contribution is 6.19. The number of halogens is 1. The molecule has 21 heavy (non-hydrogen) atoms. The van der Waals surface area contributed by atoms with Gasteiger partial charge in [0.2, 0.25) is 0 Å². The largest absolute Gasteiger partial charge is 0.494 e. The van der Waals surface area contributed by atoms with Gasteiger partial charge in [0.15, 0.2) is 0 Å². The van der Waals surface area contributed by atoms with Gasteiger partial charge in [0.05, 0.1) is 12.1 Å². The smallest absolute Gasteiger partial charge is 0.251 e. The second kappa shape index (κ2) is 7.69. The van der Waals surface area contributed by atoms with E-state index in [1.165, 1.54) is 6.42 Å². The molecule has 1 amide bonds. The maximum absolute atomic E-state index is 12.5. The Morgan fingerprint density at radius 1 is 1.33 bits per heavy atom. The van der Waals surface area contributed by atoms with Crippen LogP contribution in [0.5, 0.6) is 5.75 Å². The quantitative estimate of drug-likeness (QED) is 0.802. The van der Waals surface area contributed by atoms with Crippen LogP contribution in [0.25, 0.3) is 0 Å². The Labute approximate surface area is 132 Å². The average Bonchev–Trinajstić information content (AvgIpc) is 2.54. The lowest BCUT2D eigenvalue weighted by Crippen LogP contribution is -2.51. The fourth-order valence-electron chi connectivity index (χ4n) is 2.78. The number of ether oxygens (including phenoxy) is 1. The summed E-state index contributed by atoms with van der Waals surface area (Å²) in [6.45, 7) is 2.72. The van der Waals surface area contributed by atoms with Crippen LogP contribution >= 0.6 is 11.6 Å². The molecule has 1 fully saturated rings. The maximum Gasteiger partial charge on any atom is 0.251 e. The van der Waals surface area contributed by atoms with Crippen LogP contribution in [0.15, 0.2) is 24.3 Å². The van der Waals surface area contributed by atoms with E-state index < -0.39 is 0 Å². The summed E-state index contributed by atoms with van der Waals surface area (Å²) in [5, 5.41) is 3.16. The fourth-order valence-corrected chi connectivity index (χ4v) is 3.11. The van der Waals surface area contributed by atoms with Crippen molar-refractivity contribution in [3.63, 3.8) is 0 Å². The number of carbonyl (C=O) groups is 1. The zero-order chi connectivity index (χ0) is 15.1. The first-order valence-electron chi connectivity index (χ1n) is 7.80. The molecule has 0 atom stereocenters. The second-order valence-electron chi connectivity index (χ2n) is 5.81. The molecular weight excluding hydrogens is 286 g/mol. The van der Waals surface area contributed by atoms with Gasteiger partial charge in [-0.2, -0.15) is 0 Å². The van der Waals surface area contributed by atoms with Gasteiger partial charge in [-0.15, -0.1) is 11.6 Å². The molecule has 2 rings (SSSR count). The van der Waals surface area contributed by atoms with E-state index in [4.69, 9.17) is 16.3 Å². The lowest BCUT2D eigenvalue weighted by Gasteiger charge is -2.36. The molecular formula is C17H24ClNO2. The van der Waals surface area contributed by atoms with E-state index in [2.05, 4.69) is 12.2 Å². The Morgan fingerprint density at radius 2 is 2.10 bits per heavy atom. The number of amides is 1. The van der Waals surface area contributed by atoms with Crippen molar-refractivity contribution in [1.82, 2.24) is 5.32 Å². The standard InChI is InChI=1S/C17H24ClNO2/c1-2-11-21-15-8-6-7-14(12-15)16(20)19-17(13-18)9-4-3-5-10-17/h6-8,12H,2-5,9-11,13H2,1H3,(H,19,20). The molecule has 0 saturated heterocycles. The van der Waals surface area contributed by atoms with E-state index in [0.29, 0.717) is 18.1 Å². The van der Waals surface area contributed by atoms with Crippen molar-refractivity contribution >= 4 is 17.5 Å². The van der Waals surface area contributed by atoms with Crippen molar-refractivity contribution in [1.29, 1.82) is 0 Å². The van der Waals surface area contributed by atoms with E-state index in [9.17, 15) is 4.79 Å². The summed E-state index contributed by atoms with van der Waals surface area (Å²) in [6, 6.07) is 7.35. The monoisotopic (exact) mass is 309 g/mol. The first kappa shape index (κ1) is 16.2. The predicted octanol–water partition coefficient (Wildman–Crippen LogP) is 4.15. The average molecular weight is 310 g/mol. The summed E-state index contributed by atoms with van der Waals surface area (Å²) in [5.41, 5.74) is 0.399. The molecule has 1 aromatic carbocycles. The van der Waals surface area contributed by atoms with Gasteiger partial charge in [-0.1, -0.05) is 32.3 Å². The van der Waals surface area contributed by atoms with E-state index >= 15 is 0 Å². The van der Waals surface area contributed by atoms with Gasteiger partial charge in [-0.05, 0) is 37.5 Å². The highest BCUT2D eigenvalue weighted by Gasteiger charge is 2.32. The molecule has 1 aliphatic rings. The number of alkyl halides is 1. The van der Waals surface area contributed by atoms with Gasteiger partial charge in [0.25, 0.3) is 5.91 Å². The van der Waals surface area contributed by atoms with Crippen molar-refractivity contribution < 1.29 is 9.53 Å². The minimum atomic E-state index is -0.239. The fraction of sp³-hybridized carbons (Fsp3) is 0.588. The molecule has 0 unspecified atom stereocenters. The van der Waals surface area contributed by atoms with E-state index in [1.807, 2.05) is 18.2 Å². The SMILES string of the molecule is CCCOc1cccc(C(=O)NC2(CCl)CCCCC2)c1. The van der Waals surface area contributed by atoms with Gasteiger partial charge >= 0.3 is 0 Å². The Hall–Kier alpha value is -1.22. The summed E-state index contributed by atoms with van der Waals surface area (Å²) in [5.74, 6) is 1.16. The number of benzene rings is 1. The molecule has 3 nitrogen and oxygen atoms in total. The zero-order valence-corrected chi connectivity index (χ0v) is 13.4. The van der Waals surface area contributed by atoms with Gasteiger partial charge in [-0.3, -0.25) is 4.79 Å². The third-order valence-corrected chi connectivity index (χ3v) is 4.53. The van der Waals surface area contributed by atoms with Crippen molar-refractivity contribution in [3.8, 4) is 5.75 Å². The Bertz CT molecular complexity index is 470.